The highest BCUT2D eigenvalue weighted by Gasteiger charge is 2.19. The number of carbonyl (C=O) groups excluding carboxylic acids is 4. The van der Waals surface area contributed by atoms with Crippen molar-refractivity contribution in [3.63, 3.8) is 0 Å². The molecule has 2 amide bonds. The number of thioether (sulfide) groups is 1. The molecule has 0 aromatic heterocycles. The van der Waals surface area contributed by atoms with E-state index in [4.69, 9.17) is 11.5 Å². The van der Waals surface area contributed by atoms with Gasteiger partial charge in [0.2, 0.25) is 11.8 Å². The topological polar surface area (TPSA) is 132 Å². The second-order valence-electron chi connectivity index (χ2n) is 4.52. The third-order valence-corrected chi connectivity index (χ3v) is 3.79. The lowest BCUT2D eigenvalue weighted by Gasteiger charge is -2.12. The smallest absolute Gasteiger partial charge is 0.221 e. The van der Waals surface area contributed by atoms with Gasteiger partial charge in [-0.2, -0.15) is 11.8 Å². The van der Waals surface area contributed by atoms with E-state index in [-0.39, 0.29) is 49.8 Å². The summed E-state index contributed by atoms with van der Waals surface area (Å²) in [6, 6.07) is 0. The van der Waals surface area contributed by atoms with Gasteiger partial charge in [0.25, 0.3) is 0 Å². The van der Waals surface area contributed by atoms with Crippen LogP contribution in [0.15, 0.2) is 0 Å². The number of carbonyl (C=O) groups is 4. The van der Waals surface area contributed by atoms with Crippen LogP contribution in [-0.4, -0.2) is 48.0 Å². The molecule has 0 spiro atoms. The molecule has 0 aromatic rings. The van der Waals surface area contributed by atoms with E-state index in [0.717, 1.165) is 5.75 Å². The monoisotopic (exact) mass is 317 g/mol. The van der Waals surface area contributed by atoms with Crippen LogP contribution in [0, 0.1) is 5.92 Å². The summed E-state index contributed by atoms with van der Waals surface area (Å²) in [4.78, 5) is 45.3. The predicted octanol–water partition coefficient (Wildman–Crippen LogP) is -0.776. The maximum Gasteiger partial charge on any atom is 0.221 e. The maximum absolute atomic E-state index is 11.7. The molecule has 0 saturated carbocycles. The van der Waals surface area contributed by atoms with Crippen molar-refractivity contribution in [2.45, 2.75) is 26.2 Å². The first-order chi connectivity index (χ1) is 9.90. The Labute approximate surface area is 128 Å². The lowest BCUT2D eigenvalue weighted by molar-refractivity contribution is -0.128. The van der Waals surface area contributed by atoms with E-state index >= 15 is 0 Å². The lowest BCUT2D eigenvalue weighted by Crippen LogP contribution is -2.34. The minimum atomic E-state index is -0.516. The molecule has 0 aliphatic rings. The van der Waals surface area contributed by atoms with Crippen LogP contribution < -0.4 is 16.8 Å². The number of primary amides is 1. The Hall–Kier alpha value is -1.41. The standard InChI is InChI=1S/C13H23N3O4S/c1-2-21-8-9(13(15)20)5-11(18)7-16-12(19)4-3-10(17)6-14/h9H,2-8,14H2,1H3,(H2,15,20)(H,16,19). The average Bonchev–Trinajstić information content (AvgIpc) is 2.46. The summed E-state index contributed by atoms with van der Waals surface area (Å²) in [7, 11) is 0. The van der Waals surface area contributed by atoms with Gasteiger partial charge in [0.05, 0.1) is 19.0 Å². The lowest BCUT2D eigenvalue weighted by atomic mass is 10.0. The fourth-order valence-electron chi connectivity index (χ4n) is 1.49. The van der Waals surface area contributed by atoms with Crippen LogP contribution in [-0.2, 0) is 19.2 Å². The van der Waals surface area contributed by atoms with Gasteiger partial charge in [-0.25, -0.2) is 0 Å². The van der Waals surface area contributed by atoms with Gasteiger partial charge in [-0.3, -0.25) is 19.2 Å². The Morgan fingerprint density at radius 2 is 1.81 bits per heavy atom. The first-order valence-corrected chi connectivity index (χ1v) is 7.93. The highest BCUT2D eigenvalue weighted by Crippen LogP contribution is 2.12. The maximum atomic E-state index is 11.7. The largest absolute Gasteiger partial charge is 0.369 e. The molecule has 0 radical (unpaired) electrons. The number of ketones is 2. The van der Waals surface area contributed by atoms with E-state index in [1.165, 1.54) is 11.8 Å². The molecule has 7 nitrogen and oxygen atoms in total. The second kappa shape index (κ2) is 11.3. The van der Waals surface area contributed by atoms with Crippen molar-refractivity contribution in [1.29, 1.82) is 0 Å². The highest BCUT2D eigenvalue weighted by atomic mass is 32.2. The van der Waals surface area contributed by atoms with E-state index < -0.39 is 11.8 Å². The van der Waals surface area contributed by atoms with Gasteiger partial charge >= 0.3 is 0 Å². The molecule has 0 saturated heterocycles. The van der Waals surface area contributed by atoms with E-state index in [9.17, 15) is 19.2 Å². The third kappa shape index (κ3) is 10.0. The first kappa shape index (κ1) is 19.6. The SMILES string of the molecule is CCSCC(CC(=O)CNC(=O)CCC(=O)CN)C(N)=O. The van der Waals surface area contributed by atoms with Gasteiger partial charge in [-0.15, -0.1) is 0 Å². The van der Waals surface area contributed by atoms with Crippen LogP contribution in [0.1, 0.15) is 26.2 Å². The third-order valence-electron chi connectivity index (χ3n) is 2.74. The molecule has 0 rings (SSSR count). The van der Waals surface area contributed by atoms with Gasteiger partial charge in [0, 0.05) is 25.0 Å². The minimum Gasteiger partial charge on any atom is -0.369 e. The average molecular weight is 317 g/mol. The van der Waals surface area contributed by atoms with Gasteiger partial charge in [-0.05, 0) is 5.75 Å². The molecule has 21 heavy (non-hydrogen) atoms. The van der Waals surface area contributed by atoms with Crippen molar-refractivity contribution in [2.75, 3.05) is 24.6 Å². The molecule has 1 unspecified atom stereocenters. The Balaban J connectivity index is 4.03. The number of Topliss-reactive ketones (excluding diaryl/α,β-unsaturated/α-hetero) is 2. The van der Waals surface area contributed by atoms with E-state index in [1.807, 2.05) is 6.92 Å². The van der Waals surface area contributed by atoms with Crippen molar-refractivity contribution in [1.82, 2.24) is 5.32 Å². The second-order valence-corrected chi connectivity index (χ2v) is 5.84. The first-order valence-electron chi connectivity index (χ1n) is 6.77. The number of nitrogens with two attached hydrogens (primary N) is 2. The molecule has 0 aliphatic carbocycles. The summed E-state index contributed by atoms with van der Waals surface area (Å²) in [6.45, 7) is 1.70. The Morgan fingerprint density at radius 3 is 2.33 bits per heavy atom. The van der Waals surface area contributed by atoms with Gasteiger partial charge in [0.15, 0.2) is 5.78 Å². The van der Waals surface area contributed by atoms with Crippen LogP contribution in [0.3, 0.4) is 0 Å². The van der Waals surface area contributed by atoms with Gasteiger partial charge < -0.3 is 16.8 Å². The quantitative estimate of drug-likeness (QED) is 0.433. The van der Waals surface area contributed by atoms with Crippen LogP contribution in [0.4, 0.5) is 0 Å². The van der Waals surface area contributed by atoms with Crippen LogP contribution in [0.5, 0.6) is 0 Å². The molecule has 1 atom stereocenters. The highest BCUT2D eigenvalue weighted by molar-refractivity contribution is 7.99. The molecular formula is C13H23N3O4S. The summed E-state index contributed by atoms with van der Waals surface area (Å²) < 4.78 is 0. The molecule has 0 bridgehead atoms. The molecular weight excluding hydrogens is 294 g/mol. The van der Waals surface area contributed by atoms with Crippen molar-refractivity contribution in [3.05, 3.63) is 0 Å². The zero-order valence-corrected chi connectivity index (χ0v) is 13.0. The summed E-state index contributed by atoms with van der Waals surface area (Å²) in [5.74, 6) is -0.540. The van der Waals surface area contributed by atoms with Crippen molar-refractivity contribution < 1.29 is 19.2 Å². The number of hydrogen-bond acceptors (Lipinski definition) is 6. The van der Waals surface area contributed by atoms with E-state index in [2.05, 4.69) is 5.32 Å². The normalized spacial score (nSPS) is 11.7. The molecule has 120 valence electrons. The fraction of sp³-hybridized carbons (Fsp3) is 0.692. The Bertz CT molecular complexity index is 388. The van der Waals surface area contributed by atoms with Crippen LogP contribution in [0.25, 0.3) is 0 Å². The van der Waals surface area contributed by atoms with Crippen molar-refractivity contribution in [3.8, 4) is 0 Å². The van der Waals surface area contributed by atoms with Crippen molar-refractivity contribution >= 4 is 35.1 Å². The zero-order valence-electron chi connectivity index (χ0n) is 12.2. The summed E-state index contributed by atoms with van der Waals surface area (Å²) in [6.07, 6.45) is 0.0895. The molecule has 0 fully saturated rings. The van der Waals surface area contributed by atoms with Crippen LogP contribution >= 0.6 is 11.8 Å². The number of nitrogens with one attached hydrogen (secondary N) is 1. The van der Waals surface area contributed by atoms with Gasteiger partial charge in [-0.1, -0.05) is 6.92 Å². The Kier molecular flexibility index (Phi) is 10.5. The zero-order chi connectivity index (χ0) is 16.3. The summed E-state index contributed by atoms with van der Waals surface area (Å²) in [5, 5.41) is 2.42. The molecule has 8 heteroatoms. The van der Waals surface area contributed by atoms with E-state index in [0.29, 0.717) is 5.75 Å². The molecule has 0 aliphatic heterocycles. The molecule has 5 N–H and O–H groups in total. The number of hydrogen-bond donors (Lipinski definition) is 3. The predicted molar refractivity (Wildman–Crippen MR) is 81.6 cm³/mol. The molecule has 0 aromatic carbocycles. The van der Waals surface area contributed by atoms with Gasteiger partial charge in [0.1, 0.15) is 5.78 Å². The number of rotatable bonds is 12. The van der Waals surface area contributed by atoms with Crippen molar-refractivity contribution in [2.24, 2.45) is 17.4 Å². The minimum absolute atomic E-state index is 0.00818. The summed E-state index contributed by atoms with van der Waals surface area (Å²) >= 11 is 1.54. The number of amides is 2. The van der Waals surface area contributed by atoms with E-state index in [1.54, 1.807) is 0 Å². The molecule has 0 heterocycles. The summed E-state index contributed by atoms with van der Waals surface area (Å²) in [5.41, 5.74) is 10.4. The Morgan fingerprint density at radius 1 is 1.14 bits per heavy atom. The fourth-order valence-corrected chi connectivity index (χ4v) is 2.29. The van der Waals surface area contributed by atoms with Crippen LogP contribution in [0.2, 0.25) is 0 Å².